The molecule has 1 aliphatic heterocycles. The van der Waals surface area contributed by atoms with Gasteiger partial charge in [0.05, 0.1) is 18.6 Å². The average Bonchev–Trinajstić information content (AvgIpc) is 3.03. The minimum Gasteiger partial charge on any atom is -0.353 e. The molecular weight excluding hydrogens is 297 g/mol. The Hall–Kier alpha value is -2.77. The molecule has 0 saturated carbocycles. The lowest BCUT2D eigenvalue weighted by Crippen LogP contribution is -2.47. The van der Waals surface area contributed by atoms with Crippen molar-refractivity contribution in [1.82, 2.24) is 24.6 Å². The number of anilines is 2. The Balaban J connectivity index is 1.55. The standard InChI is InChI=1S/C15H16FN7/c1-11-8-14(23-13(20-11)2-3-19-23)21-4-6-22(7-5-21)15-17-9-12(16)10-18-15/h2-3,8-10H,4-7H2,1H3. The Morgan fingerprint density at radius 3 is 2.48 bits per heavy atom. The topological polar surface area (TPSA) is 62.5 Å². The van der Waals surface area contributed by atoms with E-state index in [4.69, 9.17) is 0 Å². The van der Waals surface area contributed by atoms with Crippen molar-refractivity contribution in [3.8, 4) is 0 Å². The molecule has 3 aromatic heterocycles. The fourth-order valence-corrected chi connectivity index (χ4v) is 2.85. The van der Waals surface area contributed by atoms with E-state index in [9.17, 15) is 4.39 Å². The maximum Gasteiger partial charge on any atom is 0.225 e. The third-order valence-corrected chi connectivity index (χ3v) is 3.96. The molecule has 1 fully saturated rings. The molecule has 0 unspecified atom stereocenters. The Bertz CT molecular complexity index is 821. The summed E-state index contributed by atoms with van der Waals surface area (Å²) in [7, 11) is 0. The van der Waals surface area contributed by atoms with Crippen LogP contribution in [0.4, 0.5) is 16.2 Å². The molecule has 0 aromatic carbocycles. The molecule has 0 aliphatic carbocycles. The predicted octanol–water partition coefficient (Wildman–Crippen LogP) is 1.29. The van der Waals surface area contributed by atoms with Crippen molar-refractivity contribution >= 4 is 17.4 Å². The smallest absolute Gasteiger partial charge is 0.225 e. The highest BCUT2D eigenvalue weighted by Crippen LogP contribution is 2.20. The fraction of sp³-hybridized carbons (Fsp3) is 0.333. The van der Waals surface area contributed by atoms with Gasteiger partial charge in [0, 0.05) is 44.0 Å². The summed E-state index contributed by atoms with van der Waals surface area (Å²) < 4.78 is 14.8. The van der Waals surface area contributed by atoms with Crippen LogP contribution in [0.3, 0.4) is 0 Å². The summed E-state index contributed by atoms with van der Waals surface area (Å²) in [5.74, 6) is 1.19. The van der Waals surface area contributed by atoms with Gasteiger partial charge in [-0.15, -0.1) is 0 Å². The first-order chi connectivity index (χ1) is 11.2. The van der Waals surface area contributed by atoms with Crippen molar-refractivity contribution in [3.05, 3.63) is 42.2 Å². The molecular formula is C15H16FN7. The van der Waals surface area contributed by atoms with Crippen molar-refractivity contribution in [2.24, 2.45) is 0 Å². The number of halogens is 1. The summed E-state index contributed by atoms with van der Waals surface area (Å²) in [6, 6.07) is 3.95. The quantitative estimate of drug-likeness (QED) is 0.710. The van der Waals surface area contributed by atoms with Crippen LogP contribution in [0.5, 0.6) is 0 Å². The van der Waals surface area contributed by atoms with Crippen LogP contribution < -0.4 is 9.80 Å². The van der Waals surface area contributed by atoms with E-state index in [0.29, 0.717) is 5.95 Å². The Morgan fingerprint density at radius 2 is 1.74 bits per heavy atom. The monoisotopic (exact) mass is 313 g/mol. The summed E-state index contributed by atoms with van der Waals surface area (Å²) in [6.45, 7) is 5.17. The predicted molar refractivity (Wildman–Crippen MR) is 84.1 cm³/mol. The largest absolute Gasteiger partial charge is 0.353 e. The van der Waals surface area contributed by atoms with E-state index in [1.165, 1.54) is 12.4 Å². The molecule has 4 heterocycles. The molecule has 0 N–H and O–H groups in total. The normalized spacial score (nSPS) is 15.4. The lowest BCUT2D eigenvalue weighted by molar-refractivity contribution is 0.600. The zero-order chi connectivity index (χ0) is 15.8. The van der Waals surface area contributed by atoms with Gasteiger partial charge in [0.15, 0.2) is 11.5 Å². The number of fused-ring (bicyclic) bond motifs is 1. The van der Waals surface area contributed by atoms with Gasteiger partial charge in [-0.2, -0.15) is 9.61 Å². The second kappa shape index (κ2) is 5.45. The van der Waals surface area contributed by atoms with E-state index in [2.05, 4.69) is 29.9 Å². The number of aromatic nitrogens is 5. The second-order valence-electron chi connectivity index (χ2n) is 5.53. The van der Waals surface area contributed by atoms with Gasteiger partial charge in [-0.1, -0.05) is 0 Å². The average molecular weight is 313 g/mol. The SMILES string of the molecule is Cc1cc(N2CCN(c3ncc(F)cn3)CC2)n2nccc2n1. The van der Waals surface area contributed by atoms with Gasteiger partial charge in [-0.05, 0) is 6.92 Å². The molecule has 8 heteroatoms. The molecule has 0 atom stereocenters. The number of aryl methyl sites for hydroxylation is 1. The Kier molecular flexibility index (Phi) is 3.29. The molecule has 1 aliphatic rings. The first-order valence-electron chi connectivity index (χ1n) is 7.49. The van der Waals surface area contributed by atoms with E-state index in [1.807, 2.05) is 23.6 Å². The molecule has 0 amide bonds. The number of piperazine rings is 1. The van der Waals surface area contributed by atoms with Gasteiger partial charge in [0.1, 0.15) is 5.82 Å². The maximum atomic E-state index is 12.9. The van der Waals surface area contributed by atoms with Crippen LogP contribution in [0.15, 0.2) is 30.7 Å². The van der Waals surface area contributed by atoms with Gasteiger partial charge >= 0.3 is 0 Å². The summed E-state index contributed by atoms with van der Waals surface area (Å²) in [5, 5.41) is 4.35. The number of hydrogen-bond acceptors (Lipinski definition) is 6. The van der Waals surface area contributed by atoms with Crippen LogP contribution >= 0.6 is 0 Å². The van der Waals surface area contributed by atoms with Crippen LogP contribution in [-0.4, -0.2) is 50.7 Å². The van der Waals surface area contributed by atoms with Gasteiger partial charge in [-0.3, -0.25) is 0 Å². The van der Waals surface area contributed by atoms with Crippen molar-refractivity contribution in [2.75, 3.05) is 36.0 Å². The highest BCUT2D eigenvalue weighted by molar-refractivity contribution is 5.51. The number of rotatable bonds is 2. The summed E-state index contributed by atoms with van der Waals surface area (Å²) >= 11 is 0. The van der Waals surface area contributed by atoms with Gasteiger partial charge in [0.2, 0.25) is 5.95 Å². The van der Waals surface area contributed by atoms with Crippen LogP contribution in [0, 0.1) is 12.7 Å². The van der Waals surface area contributed by atoms with Gasteiger partial charge in [-0.25, -0.2) is 19.3 Å². The van der Waals surface area contributed by atoms with Crippen LogP contribution in [-0.2, 0) is 0 Å². The summed E-state index contributed by atoms with van der Waals surface area (Å²) in [4.78, 5) is 16.9. The molecule has 3 aromatic rings. The third-order valence-electron chi connectivity index (χ3n) is 3.96. The van der Waals surface area contributed by atoms with Gasteiger partial charge < -0.3 is 9.80 Å². The minimum atomic E-state index is -0.416. The fourth-order valence-electron chi connectivity index (χ4n) is 2.85. The zero-order valence-corrected chi connectivity index (χ0v) is 12.7. The summed E-state index contributed by atoms with van der Waals surface area (Å²) in [5.41, 5.74) is 1.82. The molecule has 0 spiro atoms. The molecule has 4 rings (SSSR count). The molecule has 23 heavy (non-hydrogen) atoms. The van der Waals surface area contributed by atoms with Crippen LogP contribution in [0.25, 0.3) is 5.65 Å². The highest BCUT2D eigenvalue weighted by Gasteiger charge is 2.21. The molecule has 0 radical (unpaired) electrons. The zero-order valence-electron chi connectivity index (χ0n) is 12.7. The molecule has 118 valence electrons. The lowest BCUT2D eigenvalue weighted by Gasteiger charge is -2.35. The van der Waals surface area contributed by atoms with E-state index < -0.39 is 5.82 Å². The molecule has 7 nitrogen and oxygen atoms in total. The van der Waals surface area contributed by atoms with Crippen molar-refractivity contribution in [2.45, 2.75) is 6.92 Å². The first-order valence-corrected chi connectivity index (χ1v) is 7.49. The second-order valence-corrected chi connectivity index (χ2v) is 5.53. The van der Waals surface area contributed by atoms with E-state index in [1.54, 1.807) is 6.20 Å². The molecule has 1 saturated heterocycles. The van der Waals surface area contributed by atoms with E-state index in [0.717, 1.165) is 43.3 Å². The molecule has 0 bridgehead atoms. The summed E-state index contributed by atoms with van der Waals surface area (Å²) in [6.07, 6.45) is 4.16. The lowest BCUT2D eigenvalue weighted by atomic mass is 10.3. The van der Waals surface area contributed by atoms with Crippen LogP contribution in [0.2, 0.25) is 0 Å². The van der Waals surface area contributed by atoms with E-state index >= 15 is 0 Å². The van der Waals surface area contributed by atoms with Crippen molar-refractivity contribution < 1.29 is 4.39 Å². The van der Waals surface area contributed by atoms with Crippen LogP contribution in [0.1, 0.15) is 5.69 Å². The van der Waals surface area contributed by atoms with Crippen molar-refractivity contribution in [1.29, 1.82) is 0 Å². The van der Waals surface area contributed by atoms with Crippen molar-refractivity contribution in [3.63, 3.8) is 0 Å². The first kappa shape index (κ1) is 13.9. The number of hydrogen-bond donors (Lipinski definition) is 0. The van der Waals surface area contributed by atoms with Gasteiger partial charge in [0.25, 0.3) is 0 Å². The highest BCUT2D eigenvalue weighted by atomic mass is 19.1. The van der Waals surface area contributed by atoms with E-state index in [-0.39, 0.29) is 0 Å². The maximum absolute atomic E-state index is 12.9. The third kappa shape index (κ3) is 2.56. The Morgan fingerprint density at radius 1 is 1.04 bits per heavy atom. The minimum absolute atomic E-state index is 0.416. The number of nitrogens with zero attached hydrogens (tertiary/aromatic N) is 7. The Labute approximate surface area is 132 Å².